The van der Waals surface area contributed by atoms with Gasteiger partial charge in [0.15, 0.2) is 0 Å². The molecule has 2 N–H and O–H groups in total. The number of aromatic nitrogens is 3. The minimum Gasteiger partial charge on any atom is -0.383 e. The van der Waals surface area contributed by atoms with Crippen LogP contribution in [0.25, 0.3) is 33.4 Å². The molecule has 5 aromatic rings. The van der Waals surface area contributed by atoms with Crippen molar-refractivity contribution >= 4 is 39.8 Å². The van der Waals surface area contributed by atoms with Gasteiger partial charge in [-0.25, -0.2) is 9.37 Å². The first-order chi connectivity index (χ1) is 17.0. The smallest absolute Gasteiger partial charge is 0.142 e. The summed E-state index contributed by atoms with van der Waals surface area (Å²) in [5, 5.41) is 4.86. The van der Waals surface area contributed by atoms with E-state index in [1.807, 2.05) is 61.1 Å². The van der Waals surface area contributed by atoms with Crippen molar-refractivity contribution in [1.29, 1.82) is 0 Å². The molecule has 0 fully saturated rings. The second kappa shape index (κ2) is 10.1. The Labute approximate surface area is 212 Å². The van der Waals surface area contributed by atoms with Gasteiger partial charge < -0.3 is 19.6 Å². The van der Waals surface area contributed by atoms with Crippen molar-refractivity contribution in [3.63, 3.8) is 0 Å². The molecule has 0 bridgehead atoms. The summed E-state index contributed by atoms with van der Waals surface area (Å²) in [7, 11) is 1.67. The number of H-pyrrole nitrogens is 1. The second-order valence-electron chi connectivity index (χ2n) is 8.17. The topological polar surface area (TPSA) is 54.9 Å². The molecule has 3 aromatic carbocycles. The summed E-state index contributed by atoms with van der Waals surface area (Å²) in [5.41, 5.74) is 6.22. The van der Waals surface area contributed by atoms with Gasteiger partial charge in [0.1, 0.15) is 5.82 Å². The summed E-state index contributed by atoms with van der Waals surface area (Å²) in [5.74, 6) is -0.463. The average Bonchev–Trinajstić information content (AvgIpc) is 3.45. The number of ether oxygens (including phenoxy) is 1. The van der Waals surface area contributed by atoms with Crippen LogP contribution in [0.15, 0.2) is 73.2 Å². The van der Waals surface area contributed by atoms with Crippen molar-refractivity contribution in [2.24, 2.45) is 0 Å². The summed E-state index contributed by atoms with van der Waals surface area (Å²) in [6, 6.07) is 18.8. The van der Waals surface area contributed by atoms with Crippen molar-refractivity contribution in [3.8, 4) is 22.5 Å². The lowest BCUT2D eigenvalue weighted by molar-refractivity contribution is 0.211. The molecule has 0 unspecified atom stereocenters. The first kappa shape index (κ1) is 23.4. The van der Waals surface area contributed by atoms with Crippen LogP contribution in [0, 0.1) is 5.82 Å². The minimum atomic E-state index is -0.463. The third-order valence-corrected chi connectivity index (χ3v) is 6.42. The molecule has 0 saturated carbocycles. The Morgan fingerprint density at radius 1 is 1.09 bits per heavy atom. The van der Waals surface area contributed by atoms with Crippen molar-refractivity contribution in [2.75, 3.05) is 25.6 Å². The molecule has 5 rings (SSSR count). The van der Waals surface area contributed by atoms with Crippen LogP contribution in [0.4, 0.5) is 10.1 Å². The lowest BCUT2D eigenvalue weighted by Crippen LogP contribution is -2.11. The normalized spacial score (nSPS) is 11.3. The Kier molecular flexibility index (Phi) is 6.77. The van der Waals surface area contributed by atoms with E-state index in [1.54, 1.807) is 13.2 Å². The molecular weight excluding hydrogens is 486 g/mol. The number of nitrogens with zero attached hydrogens (tertiary/aromatic N) is 2. The number of methoxy groups -OCH3 is 1. The van der Waals surface area contributed by atoms with Crippen molar-refractivity contribution in [3.05, 3.63) is 94.6 Å². The molecule has 5 nitrogen and oxygen atoms in total. The first-order valence-corrected chi connectivity index (χ1v) is 11.9. The molecular formula is C27H23Cl2FN4O. The first-order valence-electron chi connectivity index (χ1n) is 11.1. The van der Waals surface area contributed by atoms with Crippen LogP contribution < -0.4 is 5.32 Å². The van der Waals surface area contributed by atoms with E-state index in [9.17, 15) is 4.39 Å². The standard InChI is InChI=1S/C27H23Cl2FN4O/c1-35-10-9-31-24-11-19(28)8-7-18(24)15-34-16-33-26(17-5-3-2-4-6-17)27(34)21-14-32-25-13-22(29)23(30)12-20(21)25/h2-8,11-14,16,31-32H,9-10,15H2,1H3. The molecule has 0 aliphatic rings. The summed E-state index contributed by atoms with van der Waals surface area (Å²) in [6.07, 6.45) is 3.69. The zero-order valence-corrected chi connectivity index (χ0v) is 20.5. The number of halogens is 3. The zero-order valence-electron chi connectivity index (χ0n) is 19.0. The molecule has 0 radical (unpaired) electrons. The van der Waals surface area contributed by atoms with Crippen LogP contribution in [0.2, 0.25) is 10.0 Å². The van der Waals surface area contributed by atoms with E-state index < -0.39 is 5.82 Å². The van der Waals surface area contributed by atoms with Crippen LogP contribution in [-0.2, 0) is 11.3 Å². The van der Waals surface area contributed by atoms with Gasteiger partial charge in [-0.2, -0.15) is 0 Å². The van der Waals surface area contributed by atoms with Gasteiger partial charge in [-0.15, -0.1) is 0 Å². The predicted molar refractivity (Wildman–Crippen MR) is 141 cm³/mol. The monoisotopic (exact) mass is 508 g/mol. The van der Waals surface area contributed by atoms with E-state index in [0.29, 0.717) is 24.7 Å². The number of nitrogens with one attached hydrogen (secondary N) is 2. The van der Waals surface area contributed by atoms with Gasteiger partial charge in [0.05, 0.1) is 35.9 Å². The summed E-state index contributed by atoms with van der Waals surface area (Å²) in [6.45, 7) is 1.76. The highest BCUT2D eigenvalue weighted by atomic mass is 35.5. The molecule has 35 heavy (non-hydrogen) atoms. The molecule has 2 aromatic heterocycles. The maximum atomic E-state index is 14.5. The third-order valence-electron chi connectivity index (χ3n) is 5.90. The van der Waals surface area contributed by atoms with Crippen LogP contribution >= 0.6 is 23.2 Å². The van der Waals surface area contributed by atoms with E-state index in [0.717, 1.165) is 44.7 Å². The highest BCUT2D eigenvalue weighted by Gasteiger charge is 2.20. The molecule has 0 amide bonds. The minimum absolute atomic E-state index is 0.0793. The highest BCUT2D eigenvalue weighted by Crippen LogP contribution is 2.38. The largest absolute Gasteiger partial charge is 0.383 e. The molecule has 0 aliphatic heterocycles. The number of imidazole rings is 1. The Morgan fingerprint density at radius 2 is 1.91 bits per heavy atom. The van der Waals surface area contributed by atoms with Crippen LogP contribution in [0.3, 0.4) is 0 Å². The average molecular weight is 509 g/mol. The predicted octanol–water partition coefficient (Wildman–Crippen LogP) is 7.25. The number of hydrogen-bond donors (Lipinski definition) is 2. The SMILES string of the molecule is COCCNc1cc(Cl)ccc1Cn1cnc(-c2ccccc2)c1-c1c[nH]c2cc(Cl)c(F)cc12. The van der Waals surface area contributed by atoms with E-state index in [4.69, 9.17) is 32.9 Å². The molecule has 0 saturated heterocycles. The van der Waals surface area contributed by atoms with E-state index >= 15 is 0 Å². The molecule has 2 heterocycles. The van der Waals surface area contributed by atoms with Gasteiger partial charge in [0.25, 0.3) is 0 Å². The van der Waals surface area contributed by atoms with Crippen LogP contribution in [0.5, 0.6) is 0 Å². The fraction of sp³-hybridized carbons (Fsp3) is 0.148. The third kappa shape index (κ3) is 4.78. The van der Waals surface area contributed by atoms with E-state index in [2.05, 4.69) is 14.9 Å². The fourth-order valence-electron chi connectivity index (χ4n) is 4.23. The maximum absolute atomic E-state index is 14.5. The Balaban J connectivity index is 1.64. The molecule has 178 valence electrons. The highest BCUT2D eigenvalue weighted by molar-refractivity contribution is 6.31. The molecule has 0 atom stereocenters. The number of aromatic amines is 1. The quantitative estimate of drug-likeness (QED) is 0.217. The Bertz CT molecular complexity index is 1480. The van der Waals surface area contributed by atoms with Gasteiger partial charge in [-0.3, -0.25) is 0 Å². The van der Waals surface area contributed by atoms with Gasteiger partial charge in [-0.1, -0.05) is 59.6 Å². The number of hydrogen-bond acceptors (Lipinski definition) is 3. The molecule has 0 spiro atoms. The lowest BCUT2D eigenvalue weighted by atomic mass is 10.0. The van der Waals surface area contributed by atoms with Gasteiger partial charge >= 0.3 is 0 Å². The van der Waals surface area contributed by atoms with Crippen molar-refractivity contribution in [1.82, 2.24) is 14.5 Å². The summed E-state index contributed by atoms with van der Waals surface area (Å²) >= 11 is 12.3. The molecule has 8 heteroatoms. The number of fused-ring (bicyclic) bond motifs is 1. The summed E-state index contributed by atoms with van der Waals surface area (Å²) in [4.78, 5) is 8.00. The lowest BCUT2D eigenvalue weighted by Gasteiger charge is -2.15. The van der Waals surface area contributed by atoms with Crippen LogP contribution in [0.1, 0.15) is 5.56 Å². The maximum Gasteiger partial charge on any atom is 0.142 e. The Morgan fingerprint density at radius 3 is 2.71 bits per heavy atom. The van der Waals surface area contributed by atoms with Crippen molar-refractivity contribution < 1.29 is 9.13 Å². The Hall–Kier alpha value is -3.32. The number of anilines is 1. The number of rotatable bonds is 8. The van der Waals surface area contributed by atoms with Crippen LogP contribution in [-0.4, -0.2) is 34.8 Å². The van der Waals surface area contributed by atoms with E-state index in [-0.39, 0.29) is 5.02 Å². The van der Waals surface area contributed by atoms with Gasteiger partial charge in [-0.05, 0) is 29.8 Å². The van der Waals surface area contributed by atoms with Gasteiger partial charge in [0.2, 0.25) is 0 Å². The second-order valence-corrected chi connectivity index (χ2v) is 9.01. The zero-order chi connectivity index (χ0) is 24.4. The van der Waals surface area contributed by atoms with Gasteiger partial charge in [0, 0.05) is 52.6 Å². The number of benzene rings is 3. The fourth-order valence-corrected chi connectivity index (χ4v) is 4.56. The molecule has 0 aliphatic carbocycles. The van der Waals surface area contributed by atoms with E-state index in [1.165, 1.54) is 6.07 Å². The van der Waals surface area contributed by atoms with Crippen molar-refractivity contribution in [2.45, 2.75) is 6.54 Å². The summed E-state index contributed by atoms with van der Waals surface area (Å²) < 4.78 is 21.7.